The zero-order chi connectivity index (χ0) is 15.1. The average Bonchev–Trinajstić information content (AvgIpc) is 2.37. The Bertz CT molecular complexity index is 505. The predicted molar refractivity (Wildman–Crippen MR) is 66.7 cm³/mol. The fourth-order valence-electron chi connectivity index (χ4n) is 2.06. The number of hydrogen-bond donors (Lipinski definition) is 4. The summed E-state index contributed by atoms with van der Waals surface area (Å²) < 4.78 is 38.1. The lowest BCUT2D eigenvalue weighted by Crippen LogP contribution is -2.57. The molecule has 0 saturated heterocycles. The zero-order valence-electron chi connectivity index (χ0n) is 11.0. The third-order valence-corrected chi connectivity index (χ3v) is 3.68. The highest BCUT2D eigenvalue weighted by Gasteiger charge is 2.47. The third-order valence-electron chi connectivity index (χ3n) is 3.68. The number of anilines is 2. The molecule has 0 bridgehead atoms. The molecule has 0 radical (unpaired) electrons. The van der Waals surface area contributed by atoms with Crippen molar-refractivity contribution < 1.29 is 18.3 Å². The summed E-state index contributed by atoms with van der Waals surface area (Å²) in [5.41, 5.74) is 0.493. The Morgan fingerprint density at radius 2 is 2.05 bits per heavy atom. The van der Waals surface area contributed by atoms with Crippen LogP contribution in [0.5, 0.6) is 0 Å². The number of alkyl halides is 3. The highest BCUT2D eigenvalue weighted by molar-refractivity contribution is 5.44. The van der Waals surface area contributed by atoms with Gasteiger partial charge in [-0.05, 0) is 6.42 Å². The van der Waals surface area contributed by atoms with Gasteiger partial charge in [-0.1, -0.05) is 13.8 Å². The molecule has 1 aliphatic rings. The van der Waals surface area contributed by atoms with E-state index in [1.165, 1.54) is 0 Å². The number of aromatic nitrogens is 2. The van der Waals surface area contributed by atoms with E-state index in [1.54, 1.807) is 0 Å². The molecule has 2 atom stereocenters. The number of hydrazine groups is 1. The van der Waals surface area contributed by atoms with Crippen molar-refractivity contribution in [2.45, 2.75) is 38.6 Å². The molecule has 9 heteroatoms. The van der Waals surface area contributed by atoms with E-state index in [-0.39, 0.29) is 17.8 Å². The molecule has 1 aliphatic carbocycles. The van der Waals surface area contributed by atoms with Crippen molar-refractivity contribution in [2.24, 2.45) is 11.3 Å². The van der Waals surface area contributed by atoms with E-state index in [4.69, 9.17) is 5.84 Å². The minimum atomic E-state index is -4.58. The molecule has 0 amide bonds. The molecule has 1 aromatic rings. The second-order valence-corrected chi connectivity index (χ2v) is 5.37. The smallest absolute Gasteiger partial charge is 0.392 e. The monoisotopic (exact) mass is 291 g/mol. The van der Waals surface area contributed by atoms with Crippen molar-refractivity contribution >= 4 is 11.8 Å². The van der Waals surface area contributed by atoms with Gasteiger partial charge >= 0.3 is 6.18 Å². The summed E-state index contributed by atoms with van der Waals surface area (Å²) in [6, 6.07) is 0.654. The molecule has 2 rings (SSSR count). The number of rotatable bonds is 3. The van der Waals surface area contributed by atoms with Crippen molar-refractivity contribution in [2.75, 3.05) is 10.7 Å². The first-order chi connectivity index (χ1) is 9.14. The zero-order valence-corrected chi connectivity index (χ0v) is 11.0. The molecule has 20 heavy (non-hydrogen) atoms. The van der Waals surface area contributed by atoms with E-state index in [0.717, 1.165) is 6.07 Å². The largest absolute Gasteiger partial charge is 0.433 e. The van der Waals surface area contributed by atoms with Crippen molar-refractivity contribution in [3.05, 3.63) is 11.8 Å². The summed E-state index contributed by atoms with van der Waals surface area (Å²) >= 11 is 0. The number of nitrogens with one attached hydrogen (secondary N) is 2. The number of nitrogens with two attached hydrogens (primary N) is 1. The molecule has 112 valence electrons. The molecule has 1 saturated carbocycles. The molecule has 1 aromatic heterocycles. The summed E-state index contributed by atoms with van der Waals surface area (Å²) in [5.74, 6) is 4.77. The Morgan fingerprint density at radius 1 is 1.40 bits per heavy atom. The van der Waals surface area contributed by atoms with Crippen molar-refractivity contribution in [3.8, 4) is 0 Å². The standard InChI is InChI=1S/C11H16F3N5O/c1-10(2)5(3-7(10)20)16-8-4-6(11(12,13)14)17-9(18-8)19-15/h4-5,7,20H,3,15H2,1-2H3,(H2,16,17,18,19). The number of nitrogen functional groups attached to an aromatic ring is 1. The van der Waals surface area contributed by atoms with Crippen LogP contribution in [0.1, 0.15) is 26.0 Å². The molecular weight excluding hydrogens is 275 g/mol. The first-order valence-electron chi connectivity index (χ1n) is 6.02. The van der Waals surface area contributed by atoms with Gasteiger partial charge in [-0.25, -0.2) is 10.8 Å². The lowest BCUT2D eigenvalue weighted by Gasteiger charge is -2.49. The number of aliphatic hydroxyl groups excluding tert-OH is 1. The molecule has 0 aliphatic heterocycles. The second-order valence-electron chi connectivity index (χ2n) is 5.37. The molecule has 0 aromatic carbocycles. The number of aliphatic hydroxyl groups is 1. The maximum atomic E-state index is 12.7. The minimum Gasteiger partial charge on any atom is -0.392 e. The van der Waals surface area contributed by atoms with Crippen LogP contribution < -0.4 is 16.6 Å². The van der Waals surface area contributed by atoms with Crippen LogP contribution in [0.25, 0.3) is 0 Å². The summed E-state index contributed by atoms with van der Waals surface area (Å²) in [5, 5.41) is 12.5. The van der Waals surface area contributed by atoms with E-state index < -0.39 is 23.4 Å². The number of nitrogens with zero attached hydrogens (tertiary/aromatic N) is 2. The van der Waals surface area contributed by atoms with Gasteiger partial charge in [0.05, 0.1) is 6.10 Å². The van der Waals surface area contributed by atoms with Crippen molar-refractivity contribution in [1.29, 1.82) is 0 Å². The predicted octanol–water partition coefficient (Wildman–Crippen LogP) is 1.35. The molecule has 1 heterocycles. The maximum Gasteiger partial charge on any atom is 0.433 e. The fourth-order valence-corrected chi connectivity index (χ4v) is 2.06. The quantitative estimate of drug-likeness (QED) is 0.496. The van der Waals surface area contributed by atoms with Crippen LogP contribution in [0.3, 0.4) is 0 Å². The summed E-state index contributed by atoms with van der Waals surface area (Å²) in [4.78, 5) is 7.10. The van der Waals surface area contributed by atoms with Crippen LogP contribution in [0.15, 0.2) is 6.07 Å². The number of halogens is 3. The van der Waals surface area contributed by atoms with Crippen LogP contribution in [-0.2, 0) is 6.18 Å². The highest BCUT2D eigenvalue weighted by Crippen LogP contribution is 2.42. The van der Waals surface area contributed by atoms with Crippen LogP contribution in [0.4, 0.5) is 24.9 Å². The second kappa shape index (κ2) is 4.74. The van der Waals surface area contributed by atoms with E-state index in [9.17, 15) is 18.3 Å². The van der Waals surface area contributed by atoms with Gasteiger partial charge in [-0.15, -0.1) is 0 Å². The average molecular weight is 291 g/mol. The topological polar surface area (TPSA) is 96.1 Å². The lowest BCUT2D eigenvalue weighted by atomic mass is 9.64. The molecule has 0 spiro atoms. The molecule has 2 unspecified atom stereocenters. The third kappa shape index (κ3) is 2.63. The maximum absolute atomic E-state index is 12.7. The molecule has 6 nitrogen and oxygen atoms in total. The van der Waals surface area contributed by atoms with Gasteiger partial charge in [0.1, 0.15) is 5.82 Å². The molecular formula is C11H16F3N5O. The normalized spacial score (nSPS) is 24.9. The number of hydrogen-bond acceptors (Lipinski definition) is 6. The fraction of sp³-hybridized carbons (Fsp3) is 0.636. The van der Waals surface area contributed by atoms with Crippen LogP contribution in [0, 0.1) is 5.41 Å². The SMILES string of the molecule is CC1(C)C(O)CC1Nc1cc(C(F)(F)F)nc(NN)n1. The highest BCUT2D eigenvalue weighted by atomic mass is 19.4. The van der Waals surface area contributed by atoms with E-state index in [1.807, 2.05) is 19.3 Å². The summed E-state index contributed by atoms with van der Waals surface area (Å²) in [7, 11) is 0. The van der Waals surface area contributed by atoms with Crippen LogP contribution >= 0.6 is 0 Å². The Balaban J connectivity index is 2.24. The van der Waals surface area contributed by atoms with Gasteiger partial charge in [0.15, 0.2) is 5.69 Å². The van der Waals surface area contributed by atoms with E-state index >= 15 is 0 Å². The first kappa shape index (κ1) is 14.8. The van der Waals surface area contributed by atoms with Crippen LogP contribution in [0.2, 0.25) is 0 Å². The van der Waals surface area contributed by atoms with Gasteiger partial charge in [0.25, 0.3) is 0 Å². The van der Waals surface area contributed by atoms with Gasteiger partial charge in [0.2, 0.25) is 5.95 Å². The Hall–Kier alpha value is -1.61. The van der Waals surface area contributed by atoms with Gasteiger partial charge in [-0.3, -0.25) is 5.43 Å². The summed E-state index contributed by atoms with van der Waals surface area (Å²) in [6.07, 6.45) is -4.63. The van der Waals surface area contributed by atoms with Crippen molar-refractivity contribution in [3.63, 3.8) is 0 Å². The van der Waals surface area contributed by atoms with Crippen LogP contribution in [-0.4, -0.2) is 27.2 Å². The van der Waals surface area contributed by atoms with Gasteiger partial charge < -0.3 is 10.4 Å². The Kier molecular flexibility index (Phi) is 3.51. The van der Waals surface area contributed by atoms with E-state index in [2.05, 4.69) is 15.3 Å². The van der Waals surface area contributed by atoms with Gasteiger partial charge in [0, 0.05) is 17.5 Å². The first-order valence-corrected chi connectivity index (χ1v) is 6.02. The van der Waals surface area contributed by atoms with Crippen molar-refractivity contribution in [1.82, 2.24) is 9.97 Å². The molecule has 5 N–H and O–H groups in total. The lowest BCUT2D eigenvalue weighted by molar-refractivity contribution is -0.141. The Morgan fingerprint density at radius 3 is 2.50 bits per heavy atom. The van der Waals surface area contributed by atoms with Gasteiger partial charge in [-0.2, -0.15) is 18.2 Å². The molecule has 1 fully saturated rings. The van der Waals surface area contributed by atoms with E-state index in [0.29, 0.717) is 6.42 Å². The summed E-state index contributed by atoms with van der Waals surface area (Å²) in [6.45, 7) is 3.65. The Labute approximate surface area is 113 Å². The minimum absolute atomic E-state index is 0.0188.